The first kappa shape index (κ1) is 34.5. The molecular weight excluding hydrogens is 684 g/mol. The Bertz CT molecular complexity index is 1910. The number of nitrogens with zero attached hydrogens (tertiary/aromatic N) is 4. The maximum absolute atomic E-state index is 13.6. The van der Waals surface area contributed by atoms with Gasteiger partial charge in [0.25, 0.3) is 11.8 Å². The second-order valence-corrected chi connectivity index (χ2v) is 12.4. The fraction of sp³-hybridized carbons (Fsp3) is 0.233. The quantitative estimate of drug-likeness (QED) is 0.0509. The Morgan fingerprint density at radius 3 is 2.41 bits per heavy atom. The Hall–Kier alpha value is -5.82. The number of carbonyl (C=O) groups is 6. The molecule has 0 unspecified atom stereocenters. The zero-order chi connectivity index (χ0) is 35.4. The summed E-state index contributed by atoms with van der Waals surface area (Å²) < 4.78 is 11.8. The van der Waals surface area contributed by atoms with Gasteiger partial charge in [-0.05, 0) is 12.1 Å². The van der Waals surface area contributed by atoms with Gasteiger partial charge in [0.05, 0.1) is 0 Å². The standard InChI is InChI=1S/C30H26N6O11S2/c1-14(37)45-19-7-6-16(10-20(19)46-15(2)38)24(29(43)44)47-34-21(18-13-49-30(31)32-18)25(39)33-22-26(40)36-23(28(41)42)17(12-48-27(22)36)11-35-8-4-3-5-9-35/h3-10,13,22,24,27H,11-12H2,1-2H3,(H4-,31,32,33,39,41,42,43,44)/p+1/t22-,24+,27-/m1/s1. The van der Waals surface area contributed by atoms with Gasteiger partial charge in [0.1, 0.15) is 22.8 Å². The van der Waals surface area contributed by atoms with Gasteiger partial charge in [0, 0.05) is 48.2 Å². The van der Waals surface area contributed by atoms with Crippen LogP contribution in [0.5, 0.6) is 11.5 Å². The summed E-state index contributed by atoms with van der Waals surface area (Å²) in [5.74, 6) is -6.19. The highest BCUT2D eigenvalue weighted by Crippen LogP contribution is 2.40. The first-order valence-electron chi connectivity index (χ1n) is 14.2. The molecule has 1 fully saturated rings. The van der Waals surface area contributed by atoms with Crippen molar-refractivity contribution < 1.29 is 57.9 Å². The van der Waals surface area contributed by atoms with Crippen LogP contribution in [0.25, 0.3) is 0 Å². The molecule has 254 valence electrons. The number of hydrogen-bond donors (Lipinski definition) is 4. The number of aromatic nitrogens is 2. The number of carbonyl (C=O) groups excluding carboxylic acids is 4. The van der Waals surface area contributed by atoms with E-state index in [9.17, 15) is 39.0 Å². The molecule has 0 saturated carbocycles. The van der Waals surface area contributed by atoms with E-state index in [-0.39, 0.29) is 45.9 Å². The minimum atomic E-state index is -1.88. The number of amides is 2. The number of ether oxygens (including phenoxy) is 2. The number of carboxylic acids is 2. The molecular formula is C30H27N6O11S2+. The summed E-state index contributed by atoms with van der Waals surface area (Å²) >= 11 is 2.22. The van der Waals surface area contributed by atoms with Crippen LogP contribution in [-0.2, 0) is 40.1 Å². The third-order valence-corrected chi connectivity index (χ3v) is 8.93. The maximum atomic E-state index is 13.6. The molecule has 1 saturated heterocycles. The van der Waals surface area contributed by atoms with Crippen molar-refractivity contribution in [3.05, 3.63) is 76.7 Å². The number of oxime groups is 1. The number of nitrogens with two attached hydrogens (primary N) is 1. The molecule has 1 aromatic carbocycles. The van der Waals surface area contributed by atoms with Crippen molar-refractivity contribution in [1.82, 2.24) is 15.2 Å². The minimum Gasteiger partial charge on any atom is -0.478 e. The third kappa shape index (κ3) is 7.68. The monoisotopic (exact) mass is 711 g/mol. The summed E-state index contributed by atoms with van der Waals surface area (Å²) in [7, 11) is 0. The highest BCUT2D eigenvalue weighted by molar-refractivity contribution is 8.00. The molecule has 5 N–H and O–H groups in total. The Morgan fingerprint density at radius 2 is 1.80 bits per heavy atom. The molecule has 2 amide bonds. The van der Waals surface area contributed by atoms with Crippen LogP contribution in [0.1, 0.15) is 31.2 Å². The van der Waals surface area contributed by atoms with E-state index in [0.29, 0.717) is 5.57 Å². The number of nitrogens with one attached hydrogen (secondary N) is 1. The molecule has 3 aromatic rings. The van der Waals surface area contributed by atoms with Crippen molar-refractivity contribution in [2.24, 2.45) is 5.16 Å². The van der Waals surface area contributed by atoms with Crippen molar-refractivity contribution in [3.63, 3.8) is 0 Å². The molecule has 4 heterocycles. The summed E-state index contributed by atoms with van der Waals surface area (Å²) in [5.41, 5.74) is 5.36. The topological polar surface area (TPSA) is 241 Å². The van der Waals surface area contributed by atoms with Gasteiger partial charge < -0.3 is 35.6 Å². The SMILES string of the molecule is CC(=O)Oc1ccc([C@H](ON=C(C(=O)N[C@@H]2C(=O)N3C(C(=O)O)=C(C[n+]4ccccc4)CS[C@H]23)c2csc(N)n2)C(=O)O)cc1OC(C)=O. The van der Waals surface area contributed by atoms with Gasteiger partial charge in [0.15, 0.2) is 41.3 Å². The summed E-state index contributed by atoms with van der Waals surface area (Å²) in [4.78, 5) is 85.0. The molecule has 0 radical (unpaired) electrons. The number of hydrogen-bond acceptors (Lipinski definition) is 14. The van der Waals surface area contributed by atoms with Crippen LogP contribution < -0.4 is 25.1 Å². The number of thioether (sulfide) groups is 1. The normalized spacial score (nSPS) is 17.7. The van der Waals surface area contributed by atoms with Gasteiger partial charge in [-0.15, -0.1) is 23.1 Å². The highest BCUT2D eigenvalue weighted by Gasteiger charge is 2.55. The number of β-lactam (4-membered cyclic amide) rings is 1. The first-order chi connectivity index (χ1) is 23.3. The molecule has 2 aromatic heterocycles. The lowest BCUT2D eigenvalue weighted by atomic mass is 10.0. The average molecular weight is 712 g/mol. The lowest BCUT2D eigenvalue weighted by Crippen LogP contribution is -2.71. The molecule has 2 aliphatic rings. The minimum absolute atomic E-state index is 0.0474. The number of rotatable bonds is 12. The number of nitrogen functional groups attached to an aromatic ring is 1. The summed E-state index contributed by atoms with van der Waals surface area (Å²) in [5, 5.41) is 26.9. The summed E-state index contributed by atoms with van der Waals surface area (Å²) in [6.45, 7) is 2.44. The smallest absolute Gasteiger partial charge is 0.352 e. The van der Waals surface area contributed by atoms with Crippen molar-refractivity contribution in [3.8, 4) is 11.5 Å². The summed E-state index contributed by atoms with van der Waals surface area (Å²) in [6.07, 6.45) is 1.66. The van der Waals surface area contributed by atoms with Gasteiger partial charge in [-0.1, -0.05) is 17.3 Å². The van der Waals surface area contributed by atoms with Crippen LogP contribution in [0.4, 0.5) is 5.13 Å². The zero-order valence-corrected chi connectivity index (χ0v) is 27.2. The van der Waals surface area contributed by atoms with E-state index >= 15 is 0 Å². The Labute approximate surface area is 284 Å². The molecule has 3 atom stereocenters. The van der Waals surface area contributed by atoms with Gasteiger partial charge in [0.2, 0.25) is 6.10 Å². The van der Waals surface area contributed by atoms with Crippen LogP contribution in [-0.4, -0.2) is 78.7 Å². The molecule has 17 nitrogen and oxygen atoms in total. The Kier molecular flexibility index (Phi) is 10.2. The summed E-state index contributed by atoms with van der Waals surface area (Å²) in [6, 6.07) is 7.74. The van der Waals surface area contributed by atoms with Crippen molar-refractivity contribution >= 4 is 69.6 Å². The van der Waals surface area contributed by atoms with E-state index in [1.165, 1.54) is 29.3 Å². The first-order valence-corrected chi connectivity index (χ1v) is 16.1. The van der Waals surface area contributed by atoms with Crippen molar-refractivity contribution in [2.75, 3.05) is 11.5 Å². The second kappa shape index (κ2) is 14.5. The Morgan fingerprint density at radius 1 is 1.10 bits per heavy atom. The molecule has 5 rings (SSSR count). The maximum Gasteiger partial charge on any atom is 0.352 e. The number of esters is 2. The van der Waals surface area contributed by atoms with Crippen LogP contribution in [0.2, 0.25) is 0 Å². The molecule has 0 aliphatic carbocycles. The van der Waals surface area contributed by atoms with E-state index < -0.39 is 58.9 Å². The van der Waals surface area contributed by atoms with Crippen molar-refractivity contribution in [2.45, 2.75) is 37.9 Å². The van der Waals surface area contributed by atoms with Crippen LogP contribution in [0, 0.1) is 0 Å². The van der Waals surface area contributed by atoms with Crippen LogP contribution >= 0.6 is 23.1 Å². The van der Waals surface area contributed by atoms with Gasteiger partial charge in [-0.2, -0.15) is 0 Å². The van der Waals surface area contributed by atoms with E-state index in [1.807, 2.05) is 6.07 Å². The number of thiazole rings is 1. The molecule has 49 heavy (non-hydrogen) atoms. The number of benzene rings is 1. The number of aliphatic carboxylic acids is 2. The average Bonchev–Trinajstić information content (AvgIpc) is 3.47. The van der Waals surface area contributed by atoms with E-state index in [0.717, 1.165) is 36.2 Å². The second-order valence-electron chi connectivity index (χ2n) is 10.4. The molecule has 0 spiro atoms. The molecule has 0 bridgehead atoms. The largest absolute Gasteiger partial charge is 0.478 e. The lowest BCUT2D eigenvalue weighted by Gasteiger charge is -2.49. The number of fused-ring (bicyclic) bond motifs is 1. The van der Waals surface area contributed by atoms with Crippen molar-refractivity contribution in [1.29, 1.82) is 0 Å². The van der Waals surface area contributed by atoms with Crippen LogP contribution in [0.3, 0.4) is 0 Å². The number of anilines is 1. The fourth-order valence-corrected chi connectivity index (χ4v) is 6.77. The zero-order valence-electron chi connectivity index (χ0n) is 25.6. The predicted octanol–water partition coefficient (Wildman–Crippen LogP) is 0.849. The fourth-order valence-electron chi connectivity index (χ4n) is 4.89. The van der Waals surface area contributed by atoms with Crippen LogP contribution in [0.15, 0.2) is 70.6 Å². The Balaban J connectivity index is 1.39. The molecule has 19 heteroatoms. The number of pyridine rings is 1. The predicted molar refractivity (Wildman–Crippen MR) is 170 cm³/mol. The van der Waals surface area contributed by atoms with E-state index in [1.54, 1.807) is 29.1 Å². The lowest BCUT2D eigenvalue weighted by molar-refractivity contribution is -0.689. The van der Waals surface area contributed by atoms with E-state index in [2.05, 4.69) is 15.5 Å². The molecule has 2 aliphatic heterocycles. The van der Waals surface area contributed by atoms with Gasteiger partial charge >= 0.3 is 23.9 Å². The highest BCUT2D eigenvalue weighted by atomic mass is 32.2. The van der Waals surface area contributed by atoms with E-state index in [4.69, 9.17) is 20.0 Å². The van der Waals surface area contributed by atoms with Gasteiger partial charge in [-0.25, -0.2) is 19.1 Å². The third-order valence-electron chi connectivity index (χ3n) is 6.92. The van der Waals surface area contributed by atoms with Gasteiger partial charge in [-0.3, -0.25) is 24.1 Å². The number of carboxylic acid groups (broad SMARTS) is 2.